The SMILES string of the molecule is CCOc1cccc(C=C2CCn3c2nc2cc(NC(=O)CN4CCOCC4)ccc2c3=O)c1OC. The van der Waals surface area contributed by atoms with Crippen molar-refractivity contribution in [3.8, 4) is 11.5 Å². The van der Waals surface area contributed by atoms with Crippen molar-refractivity contribution in [3.05, 3.63) is 58.1 Å². The number of benzene rings is 2. The molecular formula is C27H30N4O5. The fourth-order valence-electron chi connectivity index (χ4n) is 4.72. The van der Waals surface area contributed by atoms with E-state index in [2.05, 4.69) is 10.2 Å². The Bertz CT molecular complexity index is 1370. The number of amides is 1. The topological polar surface area (TPSA) is 94.9 Å². The van der Waals surface area contributed by atoms with Crippen LogP contribution in [0.15, 0.2) is 41.2 Å². The normalized spacial score (nSPS) is 16.8. The summed E-state index contributed by atoms with van der Waals surface area (Å²) in [6.45, 7) is 6.09. The van der Waals surface area contributed by atoms with Crippen LogP contribution in [-0.4, -0.2) is 66.9 Å². The second-order valence-corrected chi connectivity index (χ2v) is 8.79. The third-order valence-corrected chi connectivity index (χ3v) is 6.45. The van der Waals surface area contributed by atoms with Gasteiger partial charge in [0.05, 0.1) is 44.4 Å². The molecule has 5 rings (SSSR count). The fraction of sp³-hybridized carbons (Fsp3) is 0.370. The lowest BCUT2D eigenvalue weighted by atomic mass is 10.1. The number of para-hydroxylation sites is 1. The van der Waals surface area contributed by atoms with Gasteiger partial charge in [0.25, 0.3) is 5.56 Å². The molecule has 9 heteroatoms. The number of morpholine rings is 1. The number of hydrogen-bond donors (Lipinski definition) is 1. The van der Waals surface area contributed by atoms with E-state index in [9.17, 15) is 9.59 Å². The molecule has 1 saturated heterocycles. The van der Waals surface area contributed by atoms with Crippen molar-refractivity contribution in [2.45, 2.75) is 19.9 Å². The van der Waals surface area contributed by atoms with Crippen molar-refractivity contribution in [2.24, 2.45) is 0 Å². The van der Waals surface area contributed by atoms with E-state index < -0.39 is 0 Å². The minimum atomic E-state index is -0.101. The first-order valence-corrected chi connectivity index (χ1v) is 12.2. The molecule has 3 aromatic rings. The Balaban J connectivity index is 1.45. The van der Waals surface area contributed by atoms with E-state index in [4.69, 9.17) is 19.2 Å². The fourth-order valence-corrected chi connectivity index (χ4v) is 4.72. The summed E-state index contributed by atoms with van der Waals surface area (Å²) < 4.78 is 18.4. The van der Waals surface area contributed by atoms with Crippen molar-refractivity contribution >= 4 is 34.1 Å². The van der Waals surface area contributed by atoms with Gasteiger partial charge >= 0.3 is 0 Å². The summed E-state index contributed by atoms with van der Waals surface area (Å²) in [4.78, 5) is 32.7. The van der Waals surface area contributed by atoms with E-state index in [1.807, 2.05) is 31.2 Å². The molecule has 2 aromatic carbocycles. The van der Waals surface area contributed by atoms with Crippen LogP contribution < -0.4 is 20.3 Å². The highest BCUT2D eigenvalue weighted by atomic mass is 16.5. The van der Waals surface area contributed by atoms with Gasteiger partial charge in [-0.05, 0) is 49.3 Å². The molecule has 36 heavy (non-hydrogen) atoms. The van der Waals surface area contributed by atoms with Crippen LogP contribution in [0.1, 0.15) is 24.7 Å². The number of anilines is 1. The maximum Gasteiger partial charge on any atom is 0.261 e. The van der Waals surface area contributed by atoms with Gasteiger partial charge in [0.15, 0.2) is 11.5 Å². The molecule has 188 valence electrons. The Hall–Kier alpha value is -3.69. The van der Waals surface area contributed by atoms with Crippen molar-refractivity contribution < 1.29 is 19.0 Å². The van der Waals surface area contributed by atoms with Gasteiger partial charge in [-0.3, -0.25) is 19.1 Å². The van der Waals surface area contributed by atoms with E-state index in [0.29, 0.717) is 73.2 Å². The Morgan fingerprint density at radius 3 is 2.81 bits per heavy atom. The second kappa shape index (κ2) is 10.5. The highest BCUT2D eigenvalue weighted by molar-refractivity contribution is 5.95. The van der Waals surface area contributed by atoms with Crippen LogP contribution in [0.3, 0.4) is 0 Å². The number of ether oxygens (including phenoxy) is 3. The Kier molecular flexibility index (Phi) is 7.02. The molecule has 1 fully saturated rings. The van der Waals surface area contributed by atoms with Gasteiger partial charge in [-0.2, -0.15) is 0 Å². The number of hydrogen-bond acceptors (Lipinski definition) is 7. The van der Waals surface area contributed by atoms with E-state index in [-0.39, 0.29) is 11.5 Å². The molecule has 1 N–H and O–H groups in total. The lowest BCUT2D eigenvalue weighted by Gasteiger charge is -2.25. The van der Waals surface area contributed by atoms with Crippen LogP contribution in [0.5, 0.6) is 11.5 Å². The molecule has 0 atom stereocenters. The van der Waals surface area contributed by atoms with E-state index in [0.717, 1.165) is 24.2 Å². The van der Waals surface area contributed by atoms with Crippen LogP contribution in [-0.2, 0) is 16.1 Å². The molecule has 3 heterocycles. The molecule has 0 bridgehead atoms. The van der Waals surface area contributed by atoms with Crippen LogP contribution >= 0.6 is 0 Å². The molecule has 1 amide bonds. The molecule has 0 radical (unpaired) electrons. The summed E-state index contributed by atoms with van der Waals surface area (Å²) >= 11 is 0. The van der Waals surface area contributed by atoms with Crippen LogP contribution in [0, 0.1) is 0 Å². The maximum atomic E-state index is 13.2. The Morgan fingerprint density at radius 2 is 2.03 bits per heavy atom. The highest BCUT2D eigenvalue weighted by Crippen LogP contribution is 2.35. The molecule has 2 aliphatic heterocycles. The highest BCUT2D eigenvalue weighted by Gasteiger charge is 2.22. The molecule has 2 aliphatic rings. The predicted octanol–water partition coefficient (Wildman–Crippen LogP) is 3.02. The van der Waals surface area contributed by atoms with Crippen LogP contribution in [0.25, 0.3) is 22.6 Å². The van der Waals surface area contributed by atoms with Gasteiger partial charge in [-0.25, -0.2) is 4.98 Å². The zero-order chi connectivity index (χ0) is 25.1. The number of aromatic nitrogens is 2. The second-order valence-electron chi connectivity index (χ2n) is 8.79. The predicted molar refractivity (Wildman–Crippen MR) is 139 cm³/mol. The number of fused-ring (bicyclic) bond motifs is 2. The average molecular weight is 491 g/mol. The summed E-state index contributed by atoms with van der Waals surface area (Å²) in [5.74, 6) is 1.86. The average Bonchev–Trinajstić information content (AvgIpc) is 3.27. The standard InChI is InChI=1S/C27H30N4O5/c1-3-36-23-6-4-5-18(25(23)34-2)15-19-9-10-31-26(19)29-22-16-20(7-8-21(22)27(31)33)28-24(32)17-30-11-13-35-14-12-30/h4-8,15-16H,3,9-14,17H2,1-2H3,(H,28,32). The van der Waals surface area contributed by atoms with Gasteiger partial charge in [0.1, 0.15) is 5.82 Å². The lowest BCUT2D eigenvalue weighted by molar-refractivity contribution is -0.118. The number of nitrogens with zero attached hydrogens (tertiary/aromatic N) is 3. The van der Waals surface area contributed by atoms with E-state index in [1.165, 1.54) is 0 Å². The first kappa shape index (κ1) is 24.0. The molecular weight excluding hydrogens is 460 g/mol. The minimum absolute atomic E-state index is 0.0837. The smallest absolute Gasteiger partial charge is 0.261 e. The van der Waals surface area contributed by atoms with Crippen molar-refractivity contribution in [1.29, 1.82) is 0 Å². The van der Waals surface area contributed by atoms with Crippen LogP contribution in [0.4, 0.5) is 5.69 Å². The van der Waals surface area contributed by atoms with Gasteiger partial charge in [-0.1, -0.05) is 12.1 Å². The van der Waals surface area contributed by atoms with Gasteiger partial charge < -0.3 is 19.5 Å². The molecule has 9 nitrogen and oxygen atoms in total. The molecule has 0 aliphatic carbocycles. The number of carbonyl (C=O) groups excluding carboxylic acids is 1. The Morgan fingerprint density at radius 1 is 1.19 bits per heavy atom. The summed E-state index contributed by atoms with van der Waals surface area (Å²) in [7, 11) is 1.62. The van der Waals surface area contributed by atoms with Crippen LogP contribution in [0.2, 0.25) is 0 Å². The zero-order valence-electron chi connectivity index (χ0n) is 20.6. The summed E-state index contributed by atoms with van der Waals surface area (Å²) in [5.41, 5.74) is 2.90. The minimum Gasteiger partial charge on any atom is -0.492 e. The molecule has 0 spiro atoms. The number of carbonyl (C=O) groups is 1. The molecule has 0 unspecified atom stereocenters. The van der Waals surface area contributed by atoms with Gasteiger partial charge in [0.2, 0.25) is 5.91 Å². The molecule has 0 saturated carbocycles. The van der Waals surface area contributed by atoms with Crippen molar-refractivity contribution in [3.63, 3.8) is 0 Å². The summed E-state index contributed by atoms with van der Waals surface area (Å²) in [6.07, 6.45) is 2.69. The van der Waals surface area contributed by atoms with E-state index >= 15 is 0 Å². The number of allylic oxidation sites excluding steroid dienone is 1. The number of rotatable bonds is 7. The van der Waals surface area contributed by atoms with E-state index in [1.54, 1.807) is 29.9 Å². The first-order chi connectivity index (χ1) is 17.6. The summed E-state index contributed by atoms with van der Waals surface area (Å²) in [5, 5.41) is 3.47. The molecule has 1 aromatic heterocycles. The maximum absolute atomic E-state index is 13.2. The van der Waals surface area contributed by atoms with Gasteiger partial charge in [-0.15, -0.1) is 0 Å². The summed E-state index contributed by atoms with van der Waals surface area (Å²) in [6, 6.07) is 11.0. The van der Waals surface area contributed by atoms with Crippen molar-refractivity contribution in [1.82, 2.24) is 14.5 Å². The quantitative estimate of drug-likeness (QED) is 0.544. The van der Waals surface area contributed by atoms with Gasteiger partial charge in [0, 0.05) is 30.9 Å². The lowest BCUT2D eigenvalue weighted by Crippen LogP contribution is -2.41. The van der Waals surface area contributed by atoms with Crippen molar-refractivity contribution in [2.75, 3.05) is 51.9 Å². The monoisotopic (exact) mass is 490 g/mol. The third kappa shape index (κ3) is 4.84. The Labute approximate surface area is 209 Å². The number of nitrogens with one attached hydrogen (secondary N) is 1. The number of methoxy groups -OCH3 is 1. The zero-order valence-corrected chi connectivity index (χ0v) is 20.6. The first-order valence-electron chi connectivity index (χ1n) is 12.2. The largest absolute Gasteiger partial charge is 0.492 e. The third-order valence-electron chi connectivity index (χ3n) is 6.45.